The van der Waals surface area contributed by atoms with Crippen LogP contribution in [0.5, 0.6) is 5.75 Å². The van der Waals surface area contributed by atoms with E-state index in [1.54, 1.807) is 6.07 Å². The van der Waals surface area contributed by atoms with Gasteiger partial charge in [0.15, 0.2) is 10.1 Å². The summed E-state index contributed by atoms with van der Waals surface area (Å²) in [4.78, 5) is 23.1. The quantitative estimate of drug-likeness (QED) is 0.270. The molecule has 0 spiro atoms. The molecule has 2 heterocycles. The van der Waals surface area contributed by atoms with Crippen LogP contribution in [0.15, 0.2) is 39.1 Å². The maximum Gasteiger partial charge on any atom is 0.293 e. The number of ether oxygens (including phenoxy) is 1. The molecule has 0 aliphatic heterocycles. The Morgan fingerprint density at radius 2 is 2.19 bits per heavy atom. The fourth-order valence-corrected chi connectivity index (χ4v) is 3.85. The number of thioether (sulfide) groups is 1. The zero-order valence-electron chi connectivity index (χ0n) is 14.3. The van der Waals surface area contributed by atoms with Crippen molar-refractivity contribution in [2.24, 2.45) is 0 Å². The van der Waals surface area contributed by atoms with E-state index in [-0.39, 0.29) is 22.8 Å². The van der Waals surface area contributed by atoms with Crippen LogP contribution in [-0.4, -0.2) is 33.9 Å². The van der Waals surface area contributed by atoms with E-state index in [1.807, 2.05) is 6.92 Å². The van der Waals surface area contributed by atoms with E-state index in [9.17, 15) is 14.9 Å². The summed E-state index contributed by atoms with van der Waals surface area (Å²) in [5.41, 5.74) is 0.0680. The summed E-state index contributed by atoms with van der Waals surface area (Å²) in [5, 5.41) is 22.1. The molecule has 0 radical (unpaired) electrons. The molecule has 11 heteroatoms. The van der Waals surface area contributed by atoms with Gasteiger partial charge in [0.25, 0.3) is 11.6 Å². The molecule has 27 heavy (non-hydrogen) atoms. The molecule has 1 N–H and O–H groups in total. The van der Waals surface area contributed by atoms with Gasteiger partial charge in [-0.2, -0.15) is 0 Å². The lowest BCUT2D eigenvalue weighted by atomic mass is 10.1. The standard InChI is InChI=1S/C16H14N4O5S2/c1-3-26-16-19-18-15(27-16)17-14(21)13-7-6-12(25-13)10-5-4-9(24-2)8-11(10)20(22)23/h4-8H,3H2,1-2H3,(H,17,18,21). The van der Waals surface area contributed by atoms with E-state index >= 15 is 0 Å². The molecule has 0 aliphatic rings. The molecule has 0 saturated carbocycles. The number of carbonyl (C=O) groups is 1. The SMILES string of the molecule is CCSc1nnc(NC(=O)c2ccc(-c3ccc(OC)cc3[N+](=O)[O-])o2)s1. The van der Waals surface area contributed by atoms with Gasteiger partial charge in [-0.3, -0.25) is 20.2 Å². The van der Waals surface area contributed by atoms with Gasteiger partial charge in [-0.15, -0.1) is 10.2 Å². The zero-order valence-corrected chi connectivity index (χ0v) is 15.9. The Morgan fingerprint density at radius 3 is 2.89 bits per heavy atom. The summed E-state index contributed by atoms with van der Waals surface area (Å²) in [6.07, 6.45) is 0. The molecule has 140 valence electrons. The average molecular weight is 406 g/mol. The van der Waals surface area contributed by atoms with Crippen molar-refractivity contribution in [1.29, 1.82) is 0 Å². The highest BCUT2D eigenvalue weighted by atomic mass is 32.2. The first-order valence-corrected chi connectivity index (χ1v) is 9.52. The minimum absolute atomic E-state index is 0.00927. The number of methoxy groups -OCH3 is 1. The van der Waals surface area contributed by atoms with Crippen LogP contribution in [0.4, 0.5) is 10.8 Å². The summed E-state index contributed by atoms with van der Waals surface area (Å²) in [5.74, 6) is 0.905. The van der Waals surface area contributed by atoms with Crippen LogP contribution in [0.3, 0.4) is 0 Å². The van der Waals surface area contributed by atoms with Crippen molar-refractivity contribution < 1.29 is 18.9 Å². The number of carbonyl (C=O) groups excluding carboxylic acids is 1. The highest BCUT2D eigenvalue weighted by Crippen LogP contribution is 2.34. The van der Waals surface area contributed by atoms with Gasteiger partial charge in [-0.1, -0.05) is 30.0 Å². The fourth-order valence-electron chi connectivity index (χ4n) is 2.20. The summed E-state index contributed by atoms with van der Waals surface area (Å²) in [6, 6.07) is 7.34. The van der Waals surface area contributed by atoms with Gasteiger partial charge < -0.3 is 9.15 Å². The maximum atomic E-state index is 12.3. The van der Waals surface area contributed by atoms with E-state index in [1.165, 1.54) is 54.5 Å². The summed E-state index contributed by atoms with van der Waals surface area (Å²) >= 11 is 2.78. The molecule has 0 fully saturated rings. The average Bonchev–Trinajstić information content (AvgIpc) is 3.31. The van der Waals surface area contributed by atoms with Crippen LogP contribution < -0.4 is 10.1 Å². The van der Waals surface area contributed by atoms with E-state index in [0.717, 1.165) is 10.1 Å². The van der Waals surface area contributed by atoms with Crippen LogP contribution in [0.1, 0.15) is 17.5 Å². The Hall–Kier alpha value is -2.92. The number of nitro groups is 1. The number of hydrogen-bond donors (Lipinski definition) is 1. The number of benzene rings is 1. The topological polar surface area (TPSA) is 120 Å². The Labute approximate surface area is 161 Å². The van der Waals surface area contributed by atoms with Crippen molar-refractivity contribution in [3.8, 4) is 17.1 Å². The molecule has 3 rings (SSSR count). The van der Waals surface area contributed by atoms with Gasteiger partial charge in [-0.05, 0) is 30.0 Å². The molecule has 9 nitrogen and oxygen atoms in total. The number of amides is 1. The third-order valence-corrected chi connectivity index (χ3v) is 5.25. The number of hydrogen-bond acceptors (Lipinski definition) is 9. The monoisotopic (exact) mass is 406 g/mol. The van der Waals surface area contributed by atoms with E-state index in [0.29, 0.717) is 10.9 Å². The van der Waals surface area contributed by atoms with Gasteiger partial charge in [0.2, 0.25) is 5.13 Å². The number of rotatable bonds is 7. The lowest BCUT2D eigenvalue weighted by molar-refractivity contribution is -0.384. The van der Waals surface area contributed by atoms with Crippen molar-refractivity contribution in [3.63, 3.8) is 0 Å². The van der Waals surface area contributed by atoms with Crippen molar-refractivity contribution in [3.05, 3.63) is 46.2 Å². The van der Waals surface area contributed by atoms with E-state index < -0.39 is 10.8 Å². The number of furan rings is 1. The van der Waals surface area contributed by atoms with Gasteiger partial charge in [0.1, 0.15) is 11.5 Å². The number of aromatic nitrogens is 2. The molecule has 0 aliphatic carbocycles. The third kappa shape index (κ3) is 4.26. The highest BCUT2D eigenvalue weighted by molar-refractivity contribution is 8.01. The van der Waals surface area contributed by atoms with Gasteiger partial charge in [0.05, 0.1) is 23.7 Å². The van der Waals surface area contributed by atoms with Crippen LogP contribution in [-0.2, 0) is 0 Å². The van der Waals surface area contributed by atoms with Gasteiger partial charge in [0, 0.05) is 0 Å². The Morgan fingerprint density at radius 1 is 1.37 bits per heavy atom. The normalized spacial score (nSPS) is 10.6. The Kier molecular flexibility index (Phi) is 5.72. The second-order valence-corrected chi connectivity index (χ2v) is 7.55. The molecular weight excluding hydrogens is 392 g/mol. The Balaban J connectivity index is 1.82. The second-order valence-electron chi connectivity index (χ2n) is 5.06. The first kappa shape index (κ1) is 18.9. The molecule has 1 aromatic carbocycles. The lowest BCUT2D eigenvalue weighted by Crippen LogP contribution is -2.10. The van der Waals surface area contributed by atoms with Crippen LogP contribution >= 0.6 is 23.1 Å². The summed E-state index contributed by atoms with van der Waals surface area (Å²) in [6.45, 7) is 1.99. The lowest BCUT2D eigenvalue weighted by Gasteiger charge is -2.03. The number of nitro benzene ring substituents is 1. The predicted molar refractivity (Wildman–Crippen MR) is 102 cm³/mol. The number of anilines is 1. The third-order valence-electron chi connectivity index (χ3n) is 3.39. The van der Waals surface area contributed by atoms with Crippen LogP contribution in [0.2, 0.25) is 0 Å². The van der Waals surface area contributed by atoms with Gasteiger partial charge >= 0.3 is 0 Å². The zero-order chi connectivity index (χ0) is 19.4. The second kappa shape index (κ2) is 8.18. The molecule has 0 unspecified atom stereocenters. The molecule has 1 amide bonds. The molecule has 0 saturated heterocycles. The molecule has 0 atom stereocenters. The smallest absolute Gasteiger partial charge is 0.293 e. The summed E-state index contributed by atoms with van der Waals surface area (Å²) in [7, 11) is 1.42. The minimum atomic E-state index is -0.533. The van der Waals surface area contributed by atoms with Crippen LogP contribution in [0.25, 0.3) is 11.3 Å². The van der Waals surface area contributed by atoms with Crippen LogP contribution in [0, 0.1) is 10.1 Å². The van der Waals surface area contributed by atoms with E-state index in [4.69, 9.17) is 9.15 Å². The van der Waals surface area contributed by atoms with Crippen molar-refractivity contribution in [2.75, 3.05) is 18.2 Å². The molecular formula is C16H14N4O5S2. The van der Waals surface area contributed by atoms with Crippen molar-refractivity contribution >= 4 is 39.8 Å². The predicted octanol–water partition coefficient (Wildman–Crippen LogP) is 4.08. The highest BCUT2D eigenvalue weighted by Gasteiger charge is 2.21. The van der Waals surface area contributed by atoms with Crippen molar-refractivity contribution in [2.45, 2.75) is 11.3 Å². The van der Waals surface area contributed by atoms with Crippen molar-refractivity contribution in [1.82, 2.24) is 10.2 Å². The van der Waals surface area contributed by atoms with E-state index in [2.05, 4.69) is 15.5 Å². The molecule has 0 bridgehead atoms. The largest absolute Gasteiger partial charge is 0.497 e. The Bertz CT molecular complexity index is 985. The number of nitrogens with one attached hydrogen (secondary N) is 1. The molecule has 2 aromatic heterocycles. The maximum absolute atomic E-state index is 12.3. The first-order valence-electron chi connectivity index (χ1n) is 7.72. The fraction of sp³-hybridized carbons (Fsp3) is 0.188. The minimum Gasteiger partial charge on any atom is -0.497 e. The summed E-state index contributed by atoms with van der Waals surface area (Å²) < 4.78 is 11.3. The number of nitrogens with zero attached hydrogens (tertiary/aromatic N) is 3. The molecule has 3 aromatic rings. The first-order chi connectivity index (χ1) is 13.0. The van der Waals surface area contributed by atoms with Gasteiger partial charge in [-0.25, -0.2) is 0 Å².